The van der Waals surface area contributed by atoms with Crippen molar-refractivity contribution < 1.29 is 12.9 Å². The van der Waals surface area contributed by atoms with Crippen molar-refractivity contribution in [2.75, 3.05) is 13.1 Å². The van der Waals surface area contributed by atoms with Crippen molar-refractivity contribution in [1.82, 2.24) is 24.0 Å². The summed E-state index contributed by atoms with van der Waals surface area (Å²) in [6.07, 6.45) is 4.11. The Morgan fingerprint density at radius 3 is 2.60 bits per heavy atom. The molecule has 0 bridgehead atoms. The summed E-state index contributed by atoms with van der Waals surface area (Å²) >= 11 is 0. The Kier molecular flexibility index (Phi) is 4.63. The topological polar surface area (TPSA) is 94.1 Å². The van der Waals surface area contributed by atoms with E-state index in [4.69, 9.17) is 4.52 Å². The van der Waals surface area contributed by atoms with Crippen LogP contribution in [0.3, 0.4) is 0 Å². The molecule has 0 saturated carbocycles. The fourth-order valence-electron chi connectivity index (χ4n) is 3.76. The Labute approximate surface area is 174 Å². The zero-order chi connectivity index (χ0) is 20.7. The largest absolute Gasteiger partial charge is 0.339 e. The van der Waals surface area contributed by atoms with E-state index in [1.54, 1.807) is 30.6 Å². The van der Waals surface area contributed by atoms with E-state index in [1.165, 1.54) is 4.31 Å². The highest BCUT2D eigenvalue weighted by molar-refractivity contribution is 7.89. The summed E-state index contributed by atoms with van der Waals surface area (Å²) in [6, 6.07) is 12.7. The molecular formula is C21H21N5O3S. The minimum atomic E-state index is -3.43. The monoisotopic (exact) mass is 423 g/mol. The molecule has 0 amide bonds. The van der Waals surface area contributed by atoms with Crippen molar-refractivity contribution in [3.05, 3.63) is 60.2 Å². The molecule has 1 aliphatic heterocycles. The van der Waals surface area contributed by atoms with Gasteiger partial charge in [0, 0.05) is 25.7 Å². The van der Waals surface area contributed by atoms with Gasteiger partial charge >= 0.3 is 0 Å². The average molecular weight is 423 g/mol. The molecule has 4 aromatic rings. The highest BCUT2D eigenvalue weighted by atomic mass is 32.2. The van der Waals surface area contributed by atoms with Crippen molar-refractivity contribution in [2.24, 2.45) is 7.05 Å². The van der Waals surface area contributed by atoms with Crippen LogP contribution in [0.25, 0.3) is 22.4 Å². The van der Waals surface area contributed by atoms with Crippen LogP contribution in [-0.2, 0) is 23.5 Å². The van der Waals surface area contributed by atoms with Gasteiger partial charge in [-0.05, 0) is 54.8 Å². The number of imidazole rings is 1. The van der Waals surface area contributed by atoms with Gasteiger partial charge in [0.2, 0.25) is 21.7 Å². The van der Waals surface area contributed by atoms with Crippen LogP contribution in [0.5, 0.6) is 0 Å². The Balaban J connectivity index is 1.34. The molecule has 2 aromatic heterocycles. The number of nitrogens with zero attached hydrogens (tertiary/aromatic N) is 5. The molecule has 8 nitrogen and oxygen atoms in total. The van der Waals surface area contributed by atoms with Crippen LogP contribution in [-0.4, -0.2) is 45.5 Å². The first-order valence-electron chi connectivity index (χ1n) is 9.84. The minimum absolute atomic E-state index is 0.292. The smallest absolute Gasteiger partial charge is 0.243 e. The second kappa shape index (κ2) is 7.33. The second-order valence-corrected chi connectivity index (χ2v) is 9.44. The van der Waals surface area contributed by atoms with E-state index in [-0.39, 0.29) is 0 Å². The van der Waals surface area contributed by atoms with E-state index in [9.17, 15) is 8.42 Å². The molecule has 0 radical (unpaired) electrons. The third-order valence-corrected chi connectivity index (χ3v) is 7.34. The number of hydrogen-bond donors (Lipinski definition) is 0. The predicted molar refractivity (Wildman–Crippen MR) is 111 cm³/mol. The molecule has 1 aliphatic rings. The maximum Gasteiger partial charge on any atom is 0.243 e. The number of aromatic nitrogens is 4. The van der Waals surface area contributed by atoms with Crippen molar-refractivity contribution in [2.45, 2.75) is 24.2 Å². The van der Waals surface area contributed by atoms with Gasteiger partial charge in [0.05, 0.1) is 28.7 Å². The number of hydrogen-bond acceptors (Lipinski definition) is 6. The maximum absolute atomic E-state index is 12.7. The van der Waals surface area contributed by atoms with Gasteiger partial charge in [-0.1, -0.05) is 11.2 Å². The van der Waals surface area contributed by atoms with Gasteiger partial charge in [-0.3, -0.25) is 0 Å². The van der Waals surface area contributed by atoms with Gasteiger partial charge < -0.3 is 9.09 Å². The summed E-state index contributed by atoms with van der Waals surface area (Å²) < 4.78 is 34.2. The molecule has 0 N–H and O–H groups in total. The average Bonchev–Trinajstić information content (AvgIpc) is 3.50. The first kappa shape index (κ1) is 19.0. The number of aryl methyl sites for hydroxylation is 1. The summed E-state index contributed by atoms with van der Waals surface area (Å²) in [5.74, 6) is 0.933. The van der Waals surface area contributed by atoms with Crippen LogP contribution in [0.15, 0.2) is 58.2 Å². The van der Waals surface area contributed by atoms with E-state index in [0.29, 0.717) is 41.7 Å². The Hall–Kier alpha value is -3.04. The number of fused-ring (bicyclic) bond motifs is 1. The van der Waals surface area contributed by atoms with Crippen LogP contribution < -0.4 is 0 Å². The number of benzene rings is 2. The van der Waals surface area contributed by atoms with Crippen LogP contribution in [0.2, 0.25) is 0 Å². The Morgan fingerprint density at radius 2 is 1.83 bits per heavy atom. The lowest BCUT2D eigenvalue weighted by molar-refractivity contribution is 0.386. The Bertz CT molecular complexity index is 1300. The fourth-order valence-corrected chi connectivity index (χ4v) is 5.28. The molecule has 1 saturated heterocycles. The lowest BCUT2D eigenvalue weighted by Crippen LogP contribution is -2.27. The van der Waals surface area contributed by atoms with Gasteiger partial charge in [0.25, 0.3) is 0 Å². The fraction of sp³-hybridized carbons (Fsp3) is 0.286. The zero-order valence-electron chi connectivity index (χ0n) is 16.5. The molecule has 3 heterocycles. The molecule has 2 aromatic carbocycles. The summed E-state index contributed by atoms with van der Waals surface area (Å²) in [7, 11) is -1.47. The van der Waals surface area contributed by atoms with Gasteiger partial charge in [-0.2, -0.15) is 9.29 Å². The highest BCUT2D eigenvalue weighted by Gasteiger charge is 2.27. The van der Waals surface area contributed by atoms with E-state index >= 15 is 0 Å². The lowest BCUT2D eigenvalue weighted by atomic mass is 10.1. The first-order chi connectivity index (χ1) is 14.5. The van der Waals surface area contributed by atoms with Gasteiger partial charge in [0.15, 0.2) is 0 Å². The van der Waals surface area contributed by atoms with Crippen molar-refractivity contribution in [3.63, 3.8) is 0 Å². The SMILES string of the molecule is Cn1cnc2cc(Cc3nc(-c4ccc(S(=O)(=O)N5CCCC5)cc4)no3)ccc21. The lowest BCUT2D eigenvalue weighted by Gasteiger charge is -2.15. The molecule has 30 heavy (non-hydrogen) atoms. The van der Waals surface area contributed by atoms with E-state index in [1.807, 2.05) is 29.8 Å². The van der Waals surface area contributed by atoms with Gasteiger partial charge in [0.1, 0.15) is 0 Å². The maximum atomic E-state index is 12.7. The van der Waals surface area contributed by atoms with E-state index in [0.717, 1.165) is 29.4 Å². The molecule has 5 rings (SSSR count). The molecule has 0 spiro atoms. The first-order valence-corrected chi connectivity index (χ1v) is 11.3. The summed E-state index contributed by atoms with van der Waals surface area (Å²) in [5, 5.41) is 4.05. The predicted octanol–water partition coefficient (Wildman–Crippen LogP) is 3.00. The number of sulfonamides is 1. The standard InChI is InChI=1S/C21H21N5O3S/c1-25-14-22-18-12-15(4-9-19(18)25)13-20-23-21(24-29-20)16-5-7-17(8-6-16)30(27,28)26-10-2-3-11-26/h4-9,12,14H,2-3,10-11,13H2,1H3. The normalized spacial score (nSPS) is 15.2. The van der Waals surface area contributed by atoms with E-state index in [2.05, 4.69) is 15.1 Å². The van der Waals surface area contributed by atoms with Crippen molar-refractivity contribution in [3.8, 4) is 11.4 Å². The zero-order valence-corrected chi connectivity index (χ0v) is 17.3. The highest BCUT2D eigenvalue weighted by Crippen LogP contribution is 2.24. The Morgan fingerprint density at radius 1 is 1.07 bits per heavy atom. The van der Waals surface area contributed by atoms with Crippen LogP contribution in [0, 0.1) is 0 Å². The van der Waals surface area contributed by atoms with E-state index < -0.39 is 10.0 Å². The van der Waals surface area contributed by atoms with Gasteiger partial charge in [-0.25, -0.2) is 13.4 Å². The molecule has 0 atom stereocenters. The van der Waals surface area contributed by atoms with Gasteiger partial charge in [-0.15, -0.1) is 0 Å². The third-order valence-electron chi connectivity index (χ3n) is 5.43. The number of rotatable bonds is 5. The molecule has 154 valence electrons. The summed E-state index contributed by atoms with van der Waals surface area (Å²) in [6.45, 7) is 1.17. The third kappa shape index (κ3) is 3.40. The molecule has 0 aliphatic carbocycles. The minimum Gasteiger partial charge on any atom is -0.339 e. The van der Waals surface area contributed by atoms with Crippen molar-refractivity contribution >= 4 is 21.1 Å². The summed E-state index contributed by atoms with van der Waals surface area (Å²) in [5.41, 5.74) is 3.73. The quantitative estimate of drug-likeness (QED) is 0.490. The molecule has 0 unspecified atom stereocenters. The second-order valence-electron chi connectivity index (χ2n) is 7.50. The van der Waals surface area contributed by atoms with Crippen LogP contribution in [0.1, 0.15) is 24.3 Å². The van der Waals surface area contributed by atoms with Crippen LogP contribution in [0.4, 0.5) is 0 Å². The molecular weight excluding hydrogens is 402 g/mol. The summed E-state index contributed by atoms with van der Waals surface area (Å²) in [4.78, 5) is 9.13. The molecule has 9 heteroatoms. The molecule has 1 fully saturated rings. The van der Waals surface area contributed by atoms with Crippen LogP contribution >= 0.6 is 0 Å². The van der Waals surface area contributed by atoms with Crippen molar-refractivity contribution in [1.29, 1.82) is 0 Å².